The SMILES string of the molecule is O=C(Cl)/C=C(\[Se]c1cccc2ccccc12)c1ccccc1. The molecule has 22 heavy (non-hydrogen) atoms. The van der Waals surface area contributed by atoms with E-state index in [1.165, 1.54) is 15.2 Å². The first-order chi connectivity index (χ1) is 10.7. The van der Waals surface area contributed by atoms with Gasteiger partial charge in [0.2, 0.25) is 0 Å². The summed E-state index contributed by atoms with van der Waals surface area (Å²) in [6, 6.07) is 24.5. The number of hydrogen-bond donors (Lipinski definition) is 0. The summed E-state index contributed by atoms with van der Waals surface area (Å²) in [5, 5.41) is 2.02. The van der Waals surface area contributed by atoms with Crippen LogP contribution in [0.25, 0.3) is 15.2 Å². The monoisotopic (exact) mass is 372 g/mol. The molecule has 3 aromatic rings. The molecule has 0 aromatic heterocycles. The van der Waals surface area contributed by atoms with Gasteiger partial charge in [-0.2, -0.15) is 0 Å². The molecule has 0 aliphatic rings. The summed E-state index contributed by atoms with van der Waals surface area (Å²) in [4.78, 5) is 11.4. The normalized spacial score (nSPS) is 11.6. The van der Waals surface area contributed by atoms with Gasteiger partial charge in [-0.05, 0) is 0 Å². The molecule has 108 valence electrons. The zero-order chi connectivity index (χ0) is 15.4. The Morgan fingerprint density at radius 2 is 1.55 bits per heavy atom. The van der Waals surface area contributed by atoms with Crippen molar-refractivity contribution in [1.29, 1.82) is 0 Å². The molecule has 0 unspecified atom stereocenters. The van der Waals surface area contributed by atoms with Crippen LogP contribution >= 0.6 is 11.6 Å². The van der Waals surface area contributed by atoms with E-state index in [2.05, 4.69) is 30.3 Å². The maximum absolute atomic E-state index is 11.4. The van der Waals surface area contributed by atoms with E-state index in [1.54, 1.807) is 6.08 Å². The van der Waals surface area contributed by atoms with Gasteiger partial charge in [0.25, 0.3) is 0 Å². The molecule has 1 nitrogen and oxygen atoms in total. The average Bonchev–Trinajstić information content (AvgIpc) is 2.55. The number of rotatable bonds is 4. The van der Waals surface area contributed by atoms with Crippen LogP contribution in [0.15, 0.2) is 78.9 Å². The summed E-state index contributed by atoms with van der Waals surface area (Å²) in [5.41, 5.74) is 1.05. The standard InChI is InChI=1S/C19H13ClOSe/c20-19(21)13-18(15-8-2-1-3-9-15)22-17-12-6-10-14-7-4-5-11-16(14)17/h1-13H/b18-13-. The van der Waals surface area contributed by atoms with Crippen molar-refractivity contribution < 1.29 is 4.79 Å². The predicted octanol–water partition coefficient (Wildman–Crippen LogP) is 3.98. The second kappa shape index (κ2) is 6.93. The number of carbonyl (C=O) groups excluding carboxylic acids is 1. The van der Waals surface area contributed by atoms with E-state index in [0.717, 1.165) is 10.0 Å². The van der Waals surface area contributed by atoms with Crippen molar-refractivity contribution in [2.24, 2.45) is 0 Å². The summed E-state index contributed by atoms with van der Waals surface area (Å²) in [6.07, 6.45) is 1.54. The van der Waals surface area contributed by atoms with E-state index in [1.807, 2.05) is 42.5 Å². The van der Waals surface area contributed by atoms with Gasteiger partial charge in [-0.25, -0.2) is 0 Å². The summed E-state index contributed by atoms with van der Waals surface area (Å²) in [6.45, 7) is 0. The first kappa shape index (κ1) is 15.1. The van der Waals surface area contributed by atoms with Crippen LogP contribution in [0.3, 0.4) is 0 Å². The molecule has 0 atom stereocenters. The van der Waals surface area contributed by atoms with Gasteiger partial charge >= 0.3 is 141 Å². The Morgan fingerprint density at radius 1 is 0.864 bits per heavy atom. The Labute approximate surface area is 140 Å². The summed E-state index contributed by atoms with van der Waals surface area (Å²) in [5.74, 6) is 0. The maximum atomic E-state index is 11.4. The topological polar surface area (TPSA) is 17.1 Å². The molecule has 0 bridgehead atoms. The Balaban J connectivity index is 2.05. The Hall–Kier alpha value is -1.86. The third-order valence-electron chi connectivity index (χ3n) is 3.27. The van der Waals surface area contributed by atoms with E-state index < -0.39 is 5.24 Å². The molecular weight excluding hydrogens is 359 g/mol. The minimum atomic E-state index is -0.430. The van der Waals surface area contributed by atoms with Crippen LogP contribution in [0.4, 0.5) is 0 Å². The fourth-order valence-corrected chi connectivity index (χ4v) is 4.84. The van der Waals surface area contributed by atoms with Gasteiger partial charge in [0.1, 0.15) is 0 Å². The first-order valence-corrected chi connectivity index (χ1v) is 8.95. The fraction of sp³-hybridized carbons (Fsp3) is 0. The van der Waals surface area contributed by atoms with Crippen LogP contribution in [-0.2, 0) is 4.79 Å². The molecule has 3 aromatic carbocycles. The Bertz CT molecular complexity index is 835. The molecule has 0 fully saturated rings. The molecule has 0 amide bonds. The molecule has 0 saturated carbocycles. The molecule has 0 spiro atoms. The quantitative estimate of drug-likeness (QED) is 0.385. The fourth-order valence-electron chi connectivity index (χ4n) is 2.28. The molecule has 0 aliphatic heterocycles. The third-order valence-corrected chi connectivity index (χ3v) is 5.79. The number of fused-ring (bicyclic) bond motifs is 1. The van der Waals surface area contributed by atoms with Gasteiger partial charge in [-0.3, -0.25) is 0 Å². The van der Waals surface area contributed by atoms with Gasteiger partial charge in [-0.15, -0.1) is 0 Å². The van der Waals surface area contributed by atoms with E-state index >= 15 is 0 Å². The Morgan fingerprint density at radius 3 is 2.32 bits per heavy atom. The number of allylic oxidation sites excluding steroid dienone is 1. The molecule has 0 radical (unpaired) electrons. The zero-order valence-electron chi connectivity index (χ0n) is 11.7. The Kier molecular flexibility index (Phi) is 4.74. The van der Waals surface area contributed by atoms with Crippen LogP contribution in [0, 0.1) is 0 Å². The van der Waals surface area contributed by atoms with Crippen molar-refractivity contribution in [2.75, 3.05) is 0 Å². The van der Waals surface area contributed by atoms with Gasteiger partial charge in [0.05, 0.1) is 0 Å². The van der Waals surface area contributed by atoms with Gasteiger partial charge in [-0.1, -0.05) is 0 Å². The molecule has 0 saturated heterocycles. The summed E-state index contributed by atoms with van der Waals surface area (Å²) in [7, 11) is 0. The van der Waals surface area contributed by atoms with Crippen LogP contribution < -0.4 is 4.46 Å². The number of halogens is 1. The average molecular weight is 372 g/mol. The number of hydrogen-bond acceptors (Lipinski definition) is 1. The minimum absolute atomic E-state index is 0.00671. The first-order valence-electron chi connectivity index (χ1n) is 6.86. The van der Waals surface area contributed by atoms with Crippen molar-refractivity contribution >= 4 is 51.5 Å². The predicted molar refractivity (Wildman–Crippen MR) is 94.6 cm³/mol. The molecule has 3 heteroatoms. The van der Waals surface area contributed by atoms with Crippen molar-refractivity contribution in [3.63, 3.8) is 0 Å². The molecule has 0 aliphatic carbocycles. The van der Waals surface area contributed by atoms with E-state index in [0.29, 0.717) is 0 Å². The zero-order valence-corrected chi connectivity index (χ0v) is 14.2. The molecular formula is C19H13ClOSe. The molecule has 0 heterocycles. The van der Waals surface area contributed by atoms with Gasteiger partial charge in [0, 0.05) is 0 Å². The van der Waals surface area contributed by atoms with Crippen LogP contribution in [-0.4, -0.2) is 20.2 Å². The van der Waals surface area contributed by atoms with Crippen LogP contribution in [0.5, 0.6) is 0 Å². The second-order valence-corrected chi connectivity index (χ2v) is 7.40. The van der Waals surface area contributed by atoms with Crippen molar-refractivity contribution in [3.8, 4) is 0 Å². The van der Waals surface area contributed by atoms with E-state index in [4.69, 9.17) is 11.6 Å². The van der Waals surface area contributed by atoms with Gasteiger partial charge in [0.15, 0.2) is 0 Å². The number of benzene rings is 3. The number of carbonyl (C=O) groups is 1. The van der Waals surface area contributed by atoms with E-state index in [9.17, 15) is 4.79 Å². The summed E-state index contributed by atoms with van der Waals surface area (Å²) < 4.78 is 2.24. The molecule has 3 rings (SSSR count). The van der Waals surface area contributed by atoms with Crippen molar-refractivity contribution in [2.45, 2.75) is 0 Å². The van der Waals surface area contributed by atoms with Crippen LogP contribution in [0.2, 0.25) is 0 Å². The van der Waals surface area contributed by atoms with Gasteiger partial charge < -0.3 is 0 Å². The summed E-state index contributed by atoms with van der Waals surface area (Å²) >= 11 is 5.61. The molecule has 0 N–H and O–H groups in total. The van der Waals surface area contributed by atoms with Crippen molar-refractivity contribution in [1.82, 2.24) is 0 Å². The van der Waals surface area contributed by atoms with Crippen molar-refractivity contribution in [3.05, 3.63) is 84.4 Å². The second-order valence-electron chi connectivity index (χ2n) is 4.76. The third kappa shape index (κ3) is 3.48. The van der Waals surface area contributed by atoms with E-state index in [-0.39, 0.29) is 15.0 Å². The van der Waals surface area contributed by atoms with Crippen LogP contribution in [0.1, 0.15) is 5.56 Å².